The Labute approximate surface area is 148 Å². The maximum atomic E-state index is 6.38. The van der Waals surface area contributed by atoms with Gasteiger partial charge in [-0.2, -0.15) is 0 Å². The van der Waals surface area contributed by atoms with E-state index in [1.54, 1.807) is 6.07 Å². The highest BCUT2D eigenvalue weighted by molar-refractivity contribution is 9.10. The van der Waals surface area contributed by atoms with Crippen molar-refractivity contribution in [1.29, 1.82) is 0 Å². The maximum Gasteiger partial charge on any atom is 0.0643 e. The lowest BCUT2D eigenvalue weighted by molar-refractivity contribution is 0.598. The van der Waals surface area contributed by atoms with Crippen molar-refractivity contribution in [2.24, 2.45) is 0 Å². The summed E-state index contributed by atoms with van der Waals surface area (Å²) in [7, 11) is 0. The highest BCUT2D eigenvalue weighted by Gasteiger charge is 2.18. The Balaban J connectivity index is 2.47. The van der Waals surface area contributed by atoms with E-state index in [4.69, 9.17) is 34.8 Å². The van der Waals surface area contributed by atoms with E-state index in [1.165, 1.54) is 0 Å². The summed E-state index contributed by atoms with van der Waals surface area (Å²) in [5, 5.41) is 5.34. The molecule has 0 fully saturated rings. The molecule has 0 saturated heterocycles. The van der Waals surface area contributed by atoms with Crippen molar-refractivity contribution < 1.29 is 0 Å². The number of hydrogen-bond acceptors (Lipinski definition) is 1. The van der Waals surface area contributed by atoms with E-state index < -0.39 is 0 Å². The normalized spacial score (nSPS) is 12.4. The highest BCUT2D eigenvalue weighted by atomic mass is 79.9. The SMILES string of the molecule is CCCNC(c1ccc(Cl)c(Br)c1)c1cccc(Cl)c1Cl. The monoisotopic (exact) mass is 405 g/mol. The van der Waals surface area contributed by atoms with Gasteiger partial charge in [-0.3, -0.25) is 0 Å². The third kappa shape index (κ3) is 4.14. The summed E-state index contributed by atoms with van der Waals surface area (Å²) in [5.41, 5.74) is 2.05. The van der Waals surface area contributed by atoms with Crippen molar-refractivity contribution in [3.8, 4) is 0 Å². The van der Waals surface area contributed by atoms with Gasteiger partial charge >= 0.3 is 0 Å². The van der Waals surface area contributed by atoms with E-state index in [0.29, 0.717) is 15.1 Å². The van der Waals surface area contributed by atoms with Crippen molar-refractivity contribution in [1.82, 2.24) is 5.32 Å². The minimum absolute atomic E-state index is 0.0234. The Kier molecular flexibility index (Phi) is 6.39. The average Bonchev–Trinajstić information content (AvgIpc) is 2.47. The van der Waals surface area contributed by atoms with Crippen molar-refractivity contribution >= 4 is 50.7 Å². The molecule has 1 N–H and O–H groups in total. The van der Waals surface area contributed by atoms with Crippen LogP contribution in [0.3, 0.4) is 0 Å². The predicted molar refractivity (Wildman–Crippen MR) is 95.8 cm³/mol. The summed E-state index contributed by atoms with van der Waals surface area (Å²) in [6.45, 7) is 3.01. The molecule has 5 heteroatoms. The van der Waals surface area contributed by atoms with Crippen LogP contribution in [0.25, 0.3) is 0 Å². The summed E-state index contributed by atoms with van der Waals surface area (Å²) >= 11 is 22.1. The molecule has 2 aromatic rings. The third-order valence-electron chi connectivity index (χ3n) is 3.17. The molecule has 0 aliphatic rings. The zero-order valence-electron chi connectivity index (χ0n) is 11.5. The number of benzene rings is 2. The topological polar surface area (TPSA) is 12.0 Å². The Morgan fingerprint density at radius 2 is 1.86 bits per heavy atom. The van der Waals surface area contributed by atoms with Gasteiger partial charge < -0.3 is 5.32 Å². The van der Waals surface area contributed by atoms with Gasteiger partial charge in [0.1, 0.15) is 0 Å². The lowest BCUT2D eigenvalue weighted by Gasteiger charge is -2.21. The Morgan fingerprint density at radius 1 is 1.10 bits per heavy atom. The van der Waals surface area contributed by atoms with Gasteiger partial charge in [-0.05, 0) is 58.2 Å². The zero-order valence-corrected chi connectivity index (χ0v) is 15.3. The van der Waals surface area contributed by atoms with Crippen LogP contribution in [0.1, 0.15) is 30.5 Å². The van der Waals surface area contributed by atoms with Crippen LogP contribution in [0, 0.1) is 0 Å². The van der Waals surface area contributed by atoms with Crippen molar-refractivity contribution in [3.05, 3.63) is 67.1 Å². The van der Waals surface area contributed by atoms with Crippen LogP contribution in [0.15, 0.2) is 40.9 Å². The minimum atomic E-state index is -0.0234. The molecule has 0 aliphatic heterocycles. The number of halogens is 4. The highest BCUT2D eigenvalue weighted by Crippen LogP contribution is 2.35. The Bertz CT molecular complexity index is 631. The van der Waals surface area contributed by atoms with Crippen LogP contribution in [0.4, 0.5) is 0 Å². The van der Waals surface area contributed by atoms with E-state index in [2.05, 4.69) is 28.2 Å². The van der Waals surface area contributed by atoms with Gasteiger partial charge in [0.15, 0.2) is 0 Å². The van der Waals surface area contributed by atoms with Gasteiger partial charge in [0.2, 0.25) is 0 Å². The molecule has 0 radical (unpaired) electrons. The lowest BCUT2D eigenvalue weighted by atomic mass is 9.98. The van der Waals surface area contributed by atoms with Gasteiger partial charge in [0.05, 0.1) is 21.1 Å². The van der Waals surface area contributed by atoms with Crippen molar-refractivity contribution in [2.45, 2.75) is 19.4 Å². The summed E-state index contributed by atoms with van der Waals surface area (Å²) < 4.78 is 0.864. The largest absolute Gasteiger partial charge is 0.306 e. The second kappa shape index (κ2) is 7.85. The fraction of sp³-hybridized carbons (Fsp3) is 0.250. The molecule has 2 aromatic carbocycles. The smallest absolute Gasteiger partial charge is 0.0643 e. The van der Waals surface area contributed by atoms with Crippen LogP contribution in [0.2, 0.25) is 15.1 Å². The number of rotatable bonds is 5. The standard InChI is InChI=1S/C16H15BrCl3N/c1-2-8-21-16(10-6-7-13(18)12(17)9-10)11-4-3-5-14(19)15(11)20/h3-7,9,16,21H,2,8H2,1H3. The minimum Gasteiger partial charge on any atom is -0.306 e. The first-order valence-electron chi connectivity index (χ1n) is 6.66. The second-order valence-corrected chi connectivity index (χ2v) is 6.75. The van der Waals surface area contributed by atoms with Gasteiger partial charge in [0.25, 0.3) is 0 Å². The van der Waals surface area contributed by atoms with E-state index in [-0.39, 0.29) is 6.04 Å². The van der Waals surface area contributed by atoms with Crippen LogP contribution < -0.4 is 5.32 Å². The molecule has 112 valence electrons. The molecule has 0 aromatic heterocycles. The molecule has 0 aliphatic carbocycles. The molecule has 0 amide bonds. The fourth-order valence-electron chi connectivity index (χ4n) is 2.13. The summed E-state index contributed by atoms with van der Waals surface area (Å²) in [4.78, 5) is 0. The maximum absolute atomic E-state index is 6.38. The number of nitrogens with one attached hydrogen (secondary N) is 1. The first kappa shape index (κ1) is 17.1. The van der Waals surface area contributed by atoms with E-state index in [1.807, 2.05) is 30.3 Å². The van der Waals surface area contributed by atoms with Crippen molar-refractivity contribution in [3.63, 3.8) is 0 Å². The molecule has 0 saturated carbocycles. The summed E-state index contributed by atoms with van der Waals surface area (Å²) in [6, 6.07) is 11.6. The van der Waals surface area contributed by atoms with Crippen LogP contribution in [0.5, 0.6) is 0 Å². The predicted octanol–water partition coefficient (Wildman–Crippen LogP) is 6.50. The van der Waals surface area contributed by atoms with E-state index >= 15 is 0 Å². The molecular weight excluding hydrogens is 392 g/mol. The molecule has 1 atom stereocenters. The van der Waals surface area contributed by atoms with Crippen LogP contribution in [-0.4, -0.2) is 6.54 Å². The third-order valence-corrected chi connectivity index (χ3v) is 5.22. The fourth-order valence-corrected chi connectivity index (χ4v) is 3.06. The molecule has 1 unspecified atom stereocenters. The quantitative estimate of drug-likeness (QED) is 0.597. The van der Waals surface area contributed by atoms with Gasteiger partial charge in [-0.15, -0.1) is 0 Å². The van der Waals surface area contributed by atoms with Crippen LogP contribution >= 0.6 is 50.7 Å². The first-order chi connectivity index (χ1) is 10.0. The molecule has 0 spiro atoms. The summed E-state index contributed by atoms with van der Waals surface area (Å²) in [5.74, 6) is 0. The van der Waals surface area contributed by atoms with Crippen molar-refractivity contribution in [2.75, 3.05) is 6.54 Å². The molecule has 1 nitrogen and oxygen atoms in total. The van der Waals surface area contributed by atoms with Gasteiger partial charge in [0, 0.05) is 4.47 Å². The molecule has 21 heavy (non-hydrogen) atoms. The lowest BCUT2D eigenvalue weighted by Crippen LogP contribution is -2.23. The molecule has 0 heterocycles. The summed E-state index contributed by atoms with van der Waals surface area (Å²) in [6.07, 6.45) is 1.03. The van der Waals surface area contributed by atoms with Gasteiger partial charge in [-0.25, -0.2) is 0 Å². The first-order valence-corrected chi connectivity index (χ1v) is 8.59. The second-order valence-electron chi connectivity index (χ2n) is 4.70. The Morgan fingerprint density at radius 3 is 2.52 bits per heavy atom. The molecule has 0 bridgehead atoms. The van der Waals surface area contributed by atoms with Crippen LogP contribution in [-0.2, 0) is 0 Å². The number of hydrogen-bond donors (Lipinski definition) is 1. The van der Waals surface area contributed by atoms with E-state index in [0.717, 1.165) is 28.6 Å². The zero-order chi connectivity index (χ0) is 15.4. The van der Waals surface area contributed by atoms with Gasteiger partial charge in [-0.1, -0.05) is 59.9 Å². The molecule has 2 rings (SSSR count). The average molecular weight is 408 g/mol. The van der Waals surface area contributed by atoms with E-state index in [9.17, 15) is 0 Å². The Hall–Kier alpha value is -0.250. The molecular formula is C16H15BrCl3N.